The SMILES string of the molecule is CCCCCCCCCCCCC(=S)C#N. The molecule has 16 heavy (non-hydrogen) atoms. The monoisotopic (exact) mass is 239 g/mol. The van der Waals surface area contributed by atoms with E-state index in [1.807, 2.05) is 6.07 Å². The van der Waals surface area contributed by atoms with Gasteiger partial charge in [0.15, 0.2) is 0 Å². The number of hydrogen-bond donors (Lipinski definition) is 0. The lowest BCUT2D eigenvalue weighted by molar-refractivity contribution is 0.559. The molecule has 0 heterocycles. The van der Waals surface area contributed by atoms with Gasteiger partial charge in [-0.05, 0) is 12.8 Å². The molecule has 0 aromatic heterocycles. The van der Waals surface area contributed by atoms with E-state index in [9.17, 15) is 0 Å². The van der Waals surface area contributed by atoms with Crippen molar-refractivity contribution in [3.63, 3.8) is 0 Å². The van der Waals surface area contributed by atoms with E-state index < -0.39 is 0 Å². The number of nitrogens with zero attached hydrogens (tertiary/aromatic N) is 1. The summed E-state index contributed by atoms with van der Waals surface area (Å²) in [5, 5.41) is 8.49. The molecule has 0 radical (unpaired) electrons. The van der Waals surface area contributed by atoms with Crippen LogP contribution in [0.15, 0.2) is 0 Å². The van der Waals surface area contributed by atoms with Gasteiger partial charge in [0.05, 0.1) is 4.86 Å². The Morgan fingerprint density at radius 1 is 0.875 bits per heavy atom. The molecule has 0 rings (SSSR count). The van der Waals surface area contributed by atoms with E-state index in [0.29, 0.717) is 4.86 Å². The Morgan fingerprint density at radius 3 is 1.75 bits per heavy atom. The highest BCUT2D eigenvalue weighted by atomic mass is 32.1. The van der Waals surface area contributed by atoms with Crippen molar-refractivity contribution in [1.29, 1.82) is 5.26 Å². The maximum atomic E-state index is 8.49. The summed E-state index contributed by atoms with van der Waals surface area (Å²) in [7, 11) is 0. The minimum absolute atomic E-state index is 0.569. The molecule has 0 aromatic carbocycles. The first-order valence-corrected chi connectivity index (χ1v) is 7.15. The van der Waals surface area contributed by atoms with Gasteiger partial charge < -0.3 is 0 Å². The van der Waals surface area contributed by atoms with Crippen LogP contribution in [0, 0.1) is 11.3 Å². The molecule has 0 bridgehead atoms. The molecule has 0 saturated heterocycles. The second-order valence-corrected chi connectivity index (χ2v) is 4.96. The van der Waals surface area contributed by atoms with Crippen molar-refractivity contribution in [2.45, 2.75) is 77.6 Å². The molecule has 0 N–H and O–H groups in total. The number of nitriles is 1. The summed E-state index contributed by atoms with van der Waals surface area (Å²) in [6.07, 6.45) is 14.1. The molecule has 0 aliphatic carbocycles. The highest BCUT2D eigenvalue weighted by Crippen LogP contribution is 2.11. The molecule has 0 unspecified atom stereocenters. The predicted octanol–water partition coefficient (Wildman–Crippen LogP) is 5.19. The van der Waals surface area contributed by atoms with Crippen LogP contribution >= 0.6 is 12.2 Å². The van der Waals surface area contributed by atoms with Gasteiger partial charge in [0.1, 0.15) is 6.07 Å². The fourth-order valence-corrected chi connectivity index (χ4v) is 1.97. The molecule has 1 nitrogen and oxygen atoms in total. The smallest absolute Gasteiger partial charge is 0.106 e. The second kappa shape index (κ2) is 12.6. The highest BCUT2D eigenvalue weighted by Gasteiger charge is 1.95. The summed E-state index contributed by atoms with van der Waals surface area (Å²) in [4.78, 5) is 0.569. The molecule has 2 heteroatoms. The zero-order valence-electron chi connectivity index (χ0n) is 10.6. The number of rotatable bonds is 11. The summed E-state index contributed by atoms with van der Waals surface area (Å²) < 4.78 is 0. The number of hydrogen-bond acceptors (Lipinski definition) is 2. The van der Waals surface area contributed by atoms with Crippen molar-refractivity contribution in [2.75, 3.05) is 0 Å². The molecule has 0 saturated carbocycles. The Morgan fingerprint density at radius 2 is 1.31 bits per heavy atom. The fraction of sp³-hybridized carbons (Fsp3) is 0.857. The third-order valence-electron chi connectivity index (χ3n) is 2.88. The van der Waals surface area contributed by atoms with Crippen LogP contribution in [0.2, 0.25) is 0 Å². The minimum atomic E-state index is 0.569. The van der Waals surface area contributed by atoms with Crippen molar-refractivity contribution < 1.29 is 0 Å². The lowest BCUT2D eigenvalue weighted by Gasteiger charge is -2.01. The van der Waals surface area contributed by atoms with Crippen LogP contribution < -0.4 is 0 Å². The van der Waals surface area contributed by atoms with E-state index >= 15 is 0 Å². The van der Waals surface area contributed by atoms with Crippen molar-refractivity contribution in [1.82, 2.24) is 0 Å². The van der Waals surface area contributed by atoms with Crippen molar-refractivity contribution >= 4 is 17.1 Å². The van der Waals surface area contributed by atoms with E-state index in [2.05, 4.69) is 6.92 Å². The summed E-state index contributed by atoms with van der Waals surface area (Å²) in [5.41, 5.74) is 0. The average molecular weight is 239 g/mol. The van der Waals surface area contributed by atoms with E-state index in [4.69, 9.17) is 17.5 Å². The predicted molar refractivity (Wildman–Crippen MR) is 74.7 cm³/mol. The van der Waals surface area contributed by atoms with Gasteiger partial charge in [0, 0.05) is 0 Å². The van der Waals surface area contributed by atoms with Crippen LogP contribution in [0.25, 0.3) is 0 Å². The minimum Gasteiger partial charge on any atom is -0.192 e. The molecule has 0 amide bonds. The van der Waals surface area contributed by atoms with Gasteiger partial charge in [-0.1, -0.05) is 76.9 Å². The van der Waals surface area contributed by atoms with Gasteiger partial charge in [-0.25, -0.2) is 0 Å². The maximum Gasteiger partial charge on any atom is 0.106 e. The van der Waals surface area contributed by atoms with Crippen LogP contribution in [0.4, 0.5) is 0 Å². The molecule has 0 fully saturated rings. The Balaban J connectivity index is 2.99. The Labute approximate surface area is 106 Å². The zero-order chi connectivity index (χ0) is 12.1. The molecule has 0 atom stereocenters. The normalized spacial score (nSPS) is 10.0. The summed E-state index contributed by atoms with van der Waals surface area (Å²) in [6, 6.07) is 2.03. The van der Waals surface area contributed by atoms with Crippen molar-refractivity contribution in [2.24, 2.45) is 0 Å². The third-order valence-corrected chi connectivity index (χ3v) is 3.18. The van der Waals surface area contributed by atoms with Gasteiger partial charge in [0.25, 0.3) is 0 Å². The lowest BCUT2D eigenvalue weighted by Crippen LogP contribution is -1.89. The van der Waals surface area contributed by atoms with Crippen LogP contribution in [0.5, 0.6) is 0 Å². The van der Waals surface area contributed by atoms with Crippen LogP contribution in [-0.4, -0.2) is 4.86 Å². The number of unbranched alkanes of at least 4 members (excludes halogenated alkanes) is 9. The first-order valence-electron chi connectivity index (χ1n) is 6.74. The Kier molecular flexibility index (Phi) is 12.3. The quantitative estimate of drug-likeness (QED) is 0.366. The largest absolute Gasteiger partial charge is 0.192 e. The maximum absolute atomic E-state index is 8.49. The first kappa shape index (κ1) is 15.6. The molecule has 0 aromatic rings. The fourth-order valence-electron chi connectivity index (χ4n) is 1.83. The topological polar surface area (TPSA) is 23.8 Å². The van der Waals surface area contributed by atoms with Crippen LogP contribution in [0.3, 0.4) is 0 Å². The van der Waals surface area contributed by atoms with E-state index in [1.54, 1.807) is 0 Å². The van der Waals surface area contributed by atoms with Gasteiger partial charge in [-0.2, -0.15) is 5.26 Å². The van der Waals surface area contributed by atoms with Crippen molar-refractivity contribution in [3.05, 3.63) is 0 Å². The molecule has 0 aliphatic heterocycles. The number of thiocarbonyl (C=S) groups is 1. The summed E-state index contributed by atoms with van der Waals surface area (Å²) in [6.45, 7) is 2.26. The Hall–Kier alpha value is -0.420. The van der Waals surface area contributed by atoms with Gasteiger partial charge in [-0.15, -0.1) is 0 Å². The molecular formula is C14H25NS. The van der Waals surface area contributed by atoms with Gasteiger partial charge in [-0.3, -0.25) is 0 Å². The van der Waals surface area contributed by atoms with Gasteiger partial charge in [0.2, 0.25) is 0 Å². The zero-order valence-corrected chi connectivity index (χ0v) is 11.5. The standard InChI is InChI=1S/C14H25NS/c1-2-3-4-5-6-7-8-9-10-11-12-14(16)13-15/h2-12H2,1H3. The second-order valence-electron chi connectivity index (χ2n) is 4.47. The summed E-state index contributed by atoms with van der Waals surface area (Å²) >= 11 is 4.85. The summed E-state index contributed by atoms with van der Waals surface area (Å²) in [5.74, 6) is 0. The van der Waals surface area contributed by atoms with Crippen molar-refractivity contribution in [3.8, 4) is 6.07 Å². The highest BCUT2D eigenvalue weighted by molar-refractivity contribution is 7.80. The van der Waals surface area contributed by atoms with Crippen LogP contribution in [0.1, 0.15) is 77.6 Å². The van der Waals surface area contributed by atoms with Crippen LogP contribution in [-0.2, 0) is 0 Å². The third kappa shape index (κ3) is 11.7. The van der Waals surface area contributed by atoms with E-state index in [0.717, 1.165) is 12.8 Å². The van der Waals surface area contributed by atoms with Gasteiger partial charge >= 0.3 is 0 Å². The molecule has 0 spiro atoms. The lowest BCUT2D eigenvalue weighted by atomic mass is 10.1. The van der Waals surface area contributed by atoms with E-state index in [-0.39, 0.29) is 0 Å². The molecule has 92 valence electrons. The average Bonchev–Trinajstić information content (AvgIpc) is 2.31. The Bertz CT molecular complexity index is 205. The molecule has 0 aliphatic rings. The van der Waals surface area contributed by atoms with E-state index in [1.165, 1.54) is 57.8 Å². The molecular weight excluding hydrogens is 214 g/mol. The first-order chi connectivity index (χ1) is 7.81.